The Morgan fingerprint density at radius 3 is 2.67 bits per heavy atom. The molecule has 0 spiro atoms. The molecular formula is C14H15ClFNO4. The molecule has 5 nitrogen and oxygen atoms in total. The van der Waals surface area contributed by atoms with Crippen molar-refractivity contribution in [3.8, 4) is 0 Å². The van der Waals surface area contributed by atoms with Crippen LogP contribution in [0.3, 0.4) is 0 Å². The quantitative estimate of drug-likeness (QED) is 0.923. The van der Waals surface area contributed by atoms with Gasteiger partial charge in [0.1, 0.15) is 11.9 Å². The SMILES string of the molecule is CN(Cc1ccc(Cl)c(F)c1)C(=O)[C@@H]1CC[C@H](C(=O)O)O1. The van der Waals surface area contributed by atoms with Crippen LogP contribution in [0.1, 0.15) is 18.4 Å². The summed E-state index contributed by atoms with van der Waals surface area (Å²) in [6.07, 6.45) is -1.00. The molecule has 0 aliphatic carbocycles. The Morgan fingerprint density at radius 1 is 1.43 bits per heavy atom. The summed E-state index contributed by atoms with van der Waals surface area (Å²) in [5.41, 5.74) is 0.598. The van der Waals surface area contributed by atoms with Crippen LogP contribution >= 0.6 is 11.6 Å². The minimum Gasteiger partial charge on any atom is -0.479 e. The fourth-order valence-corrected chi connectivity index (χ4v) is 2.35. The molecule has 1 N–H and O–H groups in total. The van der Waals surface area contributed by atoms with Crippen molar-refractivity contribution in [1.29, 1.82) is 0 Å². The maximum atomic E-state index is 13.3. The largest absolute Gasteiger partial charge is 0.479 e. The smallest absolute Gasteiger partial charge is 0.332 e. The Kier molecular flexibility index (Phi) is 4.80. The first-order valence-electron chi connectivity index (χ1n) is 6.45. The summed E-state index contributed by atoms with van der Waals surface area (Å²) in [5.74, 6) is -1.92. The highest BCUT2D eigenvalue weighted by Gasteiger charge is 2.36. The molecule has 114 valence electrons. The van der Waals surface area contributed by atoms with Gasteiger partial charge < -0.3 is 14.7 Å². The molecule has 0 unspecified atom stereocenters. The first kappa shape index (κ1) is 15.7. The molecule has 0 bridgehead atoms. The molecular weight excluding hydrogens is 301 g/mol. The number of carboxylic acid groups (broad SMARTS) is 1. The molecule has 1 saturated heterocycles. The Balaban J connectivity index is 1.96. The van der Waals surface area contributed by atoms with Crippen molar-refractivity contribution in [2.24, 2.45) is 0 Å². The number of benzene rings is 1. The van der Waals surface area contributed by atoms with Crippen LogP contribution in [0.15, 0.2) is 18.2 Å². The van der Waals surface area contributed by atoms with Crippen LogP contribution in [0.4, 0.5) is 4.39 Å². The fourth-order valence-electron chi connectivity index (χ4n) is 2.24. The van der Waals surface area contributed by atoms with Crippen molar-refractivity contribution in [2.45, 2.75) is 31.6 Å². The summed E-state index contributed by atoms with van der Waals surface area (Å²) in [5, 5.41) is 8.86. The molecule has 1 aliphatic rings. The molecule has 0 aromatic heterocycles. The molecule has 7 heteroatoms. The van der Waals surface area contributed by atoms with Crippen LogP contribution in [-0.4, -0.2) is 41.1 Å². The number of hydrogen-bond donors (Lipinski definition) is 1. The number of ether oxygens (including phenoxy) is 1. The van der Waals surface area contributed by atoms with Crippen molar-refractivity contribution >= 4 is 23.5 Å². The van der Waals surface area contributed by atoms with E-state index in [2.05, 4.69) is 0 Å². The third-order valence-electron chi connectivity index (χ3n) is 3.35. The normalized spacial score (nSPS) is 21.3. The van der Waals surface area contributed by atoms with Gasteiger partial charge in [-0.3, -0.25) is 4.79 Å². The van der Waals surface area contributed by atoms with E-state index in [1.807, 2.05) is 0 Å². The van der Waals surface area contributed by atoms with Gasteiger partial charge in [0.25, 0.3) is 5.91 Å². The van der Waals surface area contributed by atoms with E-state index >= 15 is 0 Å². The summed E-state index contributed by atoms with van der Waals surface area (Å²) in [6, 6.07) is 4.32. The van der Waals surface area contributed by atoms with Crippen molar-refractivity contribution in [3.05, 3.63) is 34.6 Å². The molecule has 1 heterocycles. The van der Waals surface area contributed by atoms with E-state index in [-0.39, 0.29) is 17.5 Å². The van der Waals surface area contributed by atoms with Gasteiger partial charge in [-0.2, -0.15) is 0 Å². The Hall–Kier alpha value is -1.66. The zero-order valence-corrected chi connectivity index (χ0v) is 12.1. The third-order valence-corrected chi connectivity index (χ3v) is 3.66. The summed E-state index contributed by atoms with van der Waals surface area (Å²) >= 11 is 5.60. The van der Waals surface area contributed by atoms with Gasteiger partial charge in [0.2, 0.25) is 0 Å². The van der Waals surface area contributed by atoms with Crippen LogP contribution in [0, 0.1) is 5.82 Å². The lowest BCUT2D eigenvalue weighted by Crippen LogP contribution is -2.36. The minimum atomic E-state index is -1.06. The standard InChI is InChI=1S/C14H15ClFNO4/c1-17(7-8-2-3-9(15)10(16)6-8)13(18)11-4-5-12(21-11)14(19)20/h2-3,6,11-12H,4-5,7H2,1H3,(H,19,20)/t11-,12+/m0/s1. The second kappa shape index (κ2) is 6.41. The van der Waals surface area contributed by atoms with Crippen LogP contribution in [0.2, 0.25) is 5.02 Å². The highest BCUT2D eigenvalue weighted by atomic mass is 35.5. The fraction of sp³-hybridized carbons (Fsp3) is 0.429. The zero-order chi connectivity index (χ0) is 15.6. The highest BCUT2D eigenvalue weighted by molar-refractivity contribution is 6.30. The molecule has 2 atom stereocenters. The second-order valence-electron chi connectivity index (χ2n) is 4.97. The summed E-state index contributed by atoms with van der Waals surface area (Å²) in [4.78, 5) is 24.3. The number of hydrogen-bond acceptors (Lipinski definition) is 3. The van der Waals surface area contributed by atoms with Gasteiger partial charge >= 0.3 is 5.97 Å². The maximum Gasteiger partial charge on any atom is 0.332 e. The predicted molar refractivity (Wildman–Crippen MR) is 73.4 cm³/mol. The van der Waals surface area contributed by atoms with Gasteiger partial charge in [-0.15, -0.1) is 0 Å². The first-order valence-corrected chi connectivity index (χ1v) is 6.83. The van der Waals surface area contributed by atoms with E-state index in [9.17, 15) is 14.0 Å². The van der Waals surface area contributed by atoms with Crippen molar-refractivity contribution in [1.82, 2.24) is 4.90 Å². The lowest BCUT2D eigenvalue weighted by atomic mass is 10.1. The number of carboxylic acids is 1. The molecule has 0 saturated carbocycles. The summed E-state index contributed by atoms with van der Waals surface area (Å²) in [7, 11) is 1.56. The van der Waals surface area contributed by atoms with Crippen LogP contribution < -0.4 is 0 Å². The van der Waals surface area contributed by atoms with Gasteiger partial charge in [-0.1, -0.05) is 17.7 Å². The number of amides is 1. The lowest BCUT2D eigenvalue weighted by molar-refractivity contribution is -0.154. The van der Waals surface area contributed by atoms with Gasteiger partial charge in [0.15, 0.2) is 6.10 Å². The topological polar surface area (TPSA) is 66.8 Å². The van der Waals surface area contributed by atoms with E-state index in [0.29, 0.717) is 18.4 Å². The number of aliphatic carboxylic acids is 1. The monoisotopic (exact) mass is 315 g/mol. The number of nitrogens with zero attached hydrogens (tertiary/aromatic N) is 1. The van der Waals surface area contributed by atoms with Crippen molar-refractivity contribution in [3.63, 3.8) is 0 Å². The van der Waals surface area contributed by atoms with Gasteiger partial charge in [0.05, 0.1) is 5.02 Å². The second-order valence-corrected chi connectivity index (χ2v) is 5.38. The third kappa shape index (κ3) is 3.71. The zero-order valence-electron chi connectivity index (χ0n) is 11.4. The molecule has 1 fully saturated rings. The Morgan fingerprint density at radius 2 is 2.10 bits per heavy atom. The van der Waals surface area contributed by atoms with E-state index in [1.54, 1.807) is 13.1 Å². The molecule has 21 heavy (non-hydrogen) atoms. The van der Waals surface area contributed by atoms with Gasteiger partial charge in [0, 0.05) is 13.6 Å². The van der Waals surface area contributed by atoms with Crippen molar-refractivity contribution in [2.75, 3.05) is 7.05 Å². The summed E-state index contributed by atoms with van der Waals surface area (Å²) < 4.78 is 18.5. The minimum absolute atomic E-state index is 0.0242. The molecule has 1 aromatic rings. The Labute approximate surface area is 126 Å². The molecule has 1 amide bonds. The first-order chi connectivity index (χ1) is 9.88. The van der Waals surface area contributed by atoms with Crippen LogP contribution in [0.25, 0.3) is 0 Å². The predicted octanol–water partition coefficient (Wildman–Crippen LogP) is 2.07. The molecule has 0 radical (unpaired) electrons. The lowest BCUT2D eigenvalue weighted by Gasteiger charge is -2.21. The molecule has 1 aromatic carbocycles. The number of carbonyl (C=O) groups is 2. The van der Waals surface area contributed by atoms with Gasteiger partial charge in [-0.25, -0.2) is 9.18 Å². The number of likely N-dealkylation sites (N-methyl/N-ethyl adjacent to an activating group) is 1. The van der Waals surface area contributed by atoms with Crippen LogP contribution in [-0.2, 0) is 20.9 Å². The van der Waals surface area contributed by atoms with Crippen molar-refractivity contribution < 1.29 is 23.8 Å². The highest BCUT2D eigenvalue weighted by Crippen LogP contribution is 2.22. The molecule has 1 aliphatic heterocycles. The summed E-state index contributed by atoms with van der Waals surface area (Å²) in [6.45, 7) is 0.199. The molecule has 2 rings (SSSR count). The number of rotatable bonds is 4. The number of carbonyl (C=O) groups excluding carboxylic acids is 1. The number of halogens is 2. The Bertz CT molecular complexity index is 566. The average molecular weight is 316 g/mol. The van der Waals surface area contributed by atoms with E-state index in [4.69, 9.17) is 21.4 Å². The maximum absolute atomic E-state index is 13.3. The van der Waals surface area contributed by atoms with E-state index in [1.165, 1.54) is 17.0 Å². The van der Waals surface area contributed by atoms with Gasteiger partial charge in [-0.05, 0) is 30.5 Å². The van der Waals surface area contributed by atoms with E-state index < -0.39 is 24.0 Å². The average Bonchev–Trinajstić information content (AvgIpc) is 2.92. The van der Waals surface area contributed by atoms with Crippen LogP contribution in [0.5, 0.6) is 0 Å². The van der Waals surface area contributed by atoms with E-state index in [0.717, 1.165) is 0 Å².